The number of hydrogen-bond acceptors (Lipinski definition) is 6. The quantitative estimate of drug-likeness (QED) is 0.675. The summed E-state index contributed by atoms with van der Waals surface area (Å²) in [4.78, 5) is 12.9. The van der Waals surface area contributed by atoms with Crippen molar-refractivity contribution in [3.63, 3.8) is 0 Å². The molecule has 2 heterocycles. The number of sulfonamides is 2. The largest absolute Gasteiger partial charge is 0.379 e. The summed E-state index contributed by atoms with van der Waals surface area (Å²) in [5.74, 6) is -0.462. The maximum absolute atomic E-state index is 12.8. The van der Waals surface area contributed by atoms with Crippen molar-refractivity contribution in [2.75, 3.05) is 44.7 Å². The molecule has 2 aromatic carbocycles. The van der Waals surface area contributed by atoms with Crippen LogP contribution >= 0.6 is 0 Å². The van der Waals surface area contributed by atoms with Crippen molar-refractivity contribution in [3.05, 3.63) is 54.1 Å². The molecule has 2 aromatic rings. The predicted octanol–water partition coefficient (Wildman–Crippen LogP) is 1.74. The number of nitrogens with zero attached hydrogens (tertiary/aromatic N) is 2. The minimum absolute atomic E-state index is 0.0873. The number of ether oxygens (including phenoxy) is 1. The van der Waals surface area contributed by atoms with Gasteiger partial charge in [0.1, 0.15) is 0 Å². The number of carbonyl (C=O) groups excluding carboxylic acids is 1. The molecule has 11 heteroatoms. The van der Waals surface area contributed by atoms with Crippen LogP contribution < -0.4 is 5.32 Å². The summed E-state index contributed by atoms with van der Waals surface area (Å²) in [6, 6.07) is 11.8. The number of anilines is 1. The summed E-state index contributed by atoms with van der Waals surface area (Å²) in [6.07, 6.45) is 1.69. The maximum Gasteiger partial charge on any atom is 0.255 e. The van der Waals surface area contributed by atoms with E-state index in [-0.39, 0.29) is 28.4 Å². The third kappa shape index (κ3) is 4.71. The van der Waals surface area contributed by atoms with Crippen LogP contribution in [0.2, 0.25) is 0 Å². The van der Waals surface area contributed by atoms with Crippen LogP contribution in [0.1, 0.15) is 23.2 Å². The van der Waals surface area contributed by atoms with E-state index in [1.54, 1.807) is 12.1 Å². The molecule has 0 aromatic heterocycles. The molecule has 0 bridgehead atoms. The van der Waals surface area contributed by atoms with Crippen LogP contribution in [-0.4, -0.2) is 70.7 Å². The lowest BCUT2D eigenvalue weighted by Crippen LogP contribution is -2.40. The van der Waals surface area contributed by atoms with Crippen molar-refractivity contribution in [1.82, 2.24) is 8.61 Å². The highest BCUT2D eigenvalue weighted by molar-refractivity contribution is 7.89. The Kier molecular flexibility index (Phi) is 6.63. The fraction of sp³-hybridized carbons (Fsp3) is 0.381. The van der Waals surface area contributed by atoms with Crippen LogP contribution in [0.3, 0.4) is 0 Å². The van der Waals surface area contributed by atoms with Crippen LogP contribution in [0, 0.1) is 0 Å². The average Bonchev–Trinajstić information content (AvgIpc) is 3.36. The first kappa shape index (κ1) is 22.9. The lowest BCUT2D eigenvalue weighted by Gasteiger charge is -2.26. The molecular formula is C21H25N3O6S2. The second kappa shape index (κ2) is 9.28. The van der Waals surface area contributed by atoms with Gasteiger partial charge in [0.15, 0.2) is 0 Å². The van der Waals surface area contributed by atoms with Gasteiger partial charge in [-0.1, -0.05) is 6.07 Å². The summed E-state index contributed by atoms with van der Waals surface area (Å²) < 4.78 is 58.9. The molecule has 32 heavy (non-hydrogen) atoms. The van der Waals surface area contributed by atoms with Gasteiger partial charge in [0.05, 0.1) is 23.0 Å². The van der Waals surface area contributed by atoms with Crippen molar-refractivity contribution < 1.29 is 26.4 Å². The molecule has 2 aliphatic heterocycles. The fourth-order valence-corrected chi connectivity index (χ4v) is 6.70. The van der Waals surface area contributed by atoms with Gasteiger partial charge in [-0.2, -0.15) is 8.61 Å². The Balaban J connectivity index is 1.48. The molecular weight excluding hydrogens is 454 g/mol. The fourth-order valence-electron chi connectivity index (χ4n) is 3.73. The van der Waals surface area contributed by atoms with E-state index in [0.29, 0.717) is 32.0 Å². The topological polar surface area (TPSA) is 113 Å². The Hall–Kier alpha value is -2.31. The molecule has 4 rings (SSSR count). The van der Waals surface area contributed by atoms with E-state index in [1.807, 2.05) is 0 Å². The maximum atomic E-state index is 12.8. The highest BCUT2D eigenvalue weighted by Gasteiger charge is 2.28. The molecule has 1 amide bonds. The SMILES string of the molecule is O=C(Nc1cccc(S(=O)(=O)N2CCOCC2)c1)c1ccc(S(=O)(=O)N2CCCC2)cc1. The Bertz CT molecular complexity index is 1180. The van der Waals surface area contributed by atoms with E-state index in [1.165, 1.54) is 45.0 Å². The number of rotatable bonds is 6. The van der Waals surface area contributed by atoms with E-state index in [2.05, 4.69) is 5.32 Å². The molecule has 0 spiro atoms. The summed E-state index contributed by atoms with van der Waals surface area (Å²) >= 11 is 0. The van der Waals surface area contributed by atoms with Gasteiger partial charge in [-0.05, 0) is 55.3 Å². The highest BCUT2D eigenvalue weighted by atomic mass is 32.2. The molecule has 0 aliphatic carbocycles. The number of hydrogen-bond donors (Lipinski definition) is 1. The summed E-state index contributed by atoms with van der Waals surface area (Å²) in [5, 5.41) is 2.68. The second-order valence-corrected chi connectivity index (χ2v) is 11.5. The first-order valence-corrected chi connectivity index (χ1v) is 13.3. The zero-order valence-electron chi connectivity index (χ0n) is 17.4. The molecule has 1 N–H and O–H groups in total. The van der Waals surface area contributed by atoms with Crippen LogP contribution in [0.15, 0.2) is 58.3 Å². The molecule has 0 saturated carbocycles. The number of carbonyl (C=O) groups is 1. The third-order valence-electron chi connectivity index (χ3n) is 5.52. The van der Waals surface area contributed by atoms with Gasteiger partial charge in [0.2, 0.25) is 20.0 Å². The van der Waals surface area contributed by atoms with Crippen molar-refractivity contribution >= 4 is 31.6 Å². The second-order valence-electron chi connectivity index (χ2n) is 7.63. The molecule has 172 valence electrons. The zero-order valence-corrected chi connectivity index (χ0v) is 19.1. The van der Waals surface area contributed by atoms with E-state index >= 15 is 0 Å². The minimum Gasteiger partial charge on any atom is -0.379 e. The molecule has 0 unspecified atom stereocenters. The Morgan fingerprint density at radius 3 is 2.03 bits per heavy atom. The number of benzene rings is 2. The van der Waals surface area contributed by atoms with E-state index in [0.717, 1.165) is 12.8 Å². The van der Waals surface area contributed by atoms with Crippen LogP contribution in [-0.2, 0) is 24.8 Å². The minimum atomic E-state index is -3.68. The van der Waals surface area contributed by atoms with Gasteiger partial charge in [-0.3, -0.25) is 4.79 Å². The lowest BCUT2D eigenvalue weighted by atomic mass is 10.2. The molecule has 2 saturated heterocycles. The average molecular weight is 480 g/mol. The van der Waals surface area contributed by atoms with Gasteiger partial charge in [0, 0.05) is 37.4 Å². The standard InChI is InChI=1S/C21H25N3O6S2/c25-21(17-6-8-19(9-7-17)31(26,27)23-10-1-2-11-23)22-18-4-3-5-20(16-18)32(28,29)24-12-14-30-15-13-24/h3-9,16H,1-2,10-15H2,(H,22,25). The normalized spacial score (nSPS) is 18.5. The van der Waals surface area contributed by atoms with Crippen molar-refractivity contribution in [2.24, 2.45) is 0 Å². The van der Waals surface area contributed by atoms with Crippen molar-refractivity contribution in [1.29, 1.82) is 0 Å². The van der Waals surface area contributed by atoms with Gasteiger partial charge >= 0.3 is 0 Å². The summed E-state index contributed by atoms with van der Waals surface area (Å²) in [7, 11) is -7.24. The number of nitrogens with one attached hydrogen (secondary N) is 1. The molecule has 0 radical (unpaired) electrons. The van der Waals surface area contributed by atoms with Gasteiger partial charge in [-0.25, -0.2) is 16.8 Å². The zero-order chi connectivity index (χ0) is 22.8. The smallest absolute Gasteiger partial charge is 0.255 e. The third-order valence-corrected chi connectivity index (χ3v) is 9.33. The monoisotopic (exact) mass is 479 g/mol. The molecule has 2 fully saturated rings. The molecule has 2 aliphatic rings. The van der Waals surface area contributed by atoms with Crippen LogP contribution in [0.25, 0.3) is 0 Å². The van der Waals surface area contributed by atoms with Gasteiger partial charge in [-0.15, -0.1) is 0 Å². The van der Waals surface area contributed by atoms with Crippen molar-refractivity contribution in [3.8, 4) is 0 Å². The highest BCUT2D eigenvalue weighted by Crippen LogP contribution is 2.23. The van der Waals surface area contributed by atoms with E-state index < -0.39 is 26.0 Å². The predicted molar refractivity (Wildman–Crippen MR) is 118 cm³/mol. The molecule has 0 atom stereocenters. The van der Waals surface area contributed by atoms with Gasteiger partial charge in [0.25, 0.3) is 5.91 Å². The first-order chi connectivity index (χ1) is 15.3. The lowest BCUT2D eigenvalue weighted by molar-refractivity contribution is 0.0730. The summed E-state index contributed by atoms with van der Waals surface area (Å²) in [5.41, 5.74) is 0.602. The van der Waals surface area contributed by atoms with Gasteiger partial charge < -0.3 is 10.1 Å². The van der Waals surface area contributed by atoms with Crippen LogP contribution in [0.4, 0.5) is 5.69 Å². The van der Waals surface area contributed by atoms with Crippen molar-refractivity contribution in [2.45, 2.75) is 22.6 Å². The Morgan fingerprint density at radius 2 is 1.38 bits per heavy atom. The number of morpholine rings is 1. The van der Waals surface area contributed by atoms with E-state index in [9.17, 15) is 21.6 Å². The first-order valence-electron chi connectivity index (χ1n) is 10.4. The van der Waals surface area contributed by atoms with E-state index in [4.69, 9.17) is 4.74 Å². The number of amides is 1. The Morgan fingerprint density at radius 1 is 0.781 bits per heavy atom. The molecule has 9 nitrogen and oxygen atoms in total. The van der Waals surface area contributed by atoms with Crippen LogP contribution in [0.5, 0.6) is 0 Å². The Labute approximate surface area is 188 Å². The summed E-state index contributed by atoms with van der Waals surface area (Å²) in [6.45, 7) is 2.28.